The molecule has 6 heteroatoms. The number of hydrogen-bond acceptors (Lipinski definition) is 2. The van der Waals surface area contributed by atoms with Gasteiger partial charge in [-0.05, 0) is 30.7 Å². The van der Waals surface area contributed by atoms with Gasteiger partial charge in [-0.15, -0.1) is 24.8 Å². The lowest BCUT2D eigenvalue weighted by Gasteiger charge is -2.33. The molecule has 0 saturated carbocycles. The molecule has 1 aromatic carbocycles. The number of nitrogens with one attached hydrogen (secondary N) is 1. The van der Waals surface area contributed by atoms with Gasteiger partial charge in [0.1, 0.15) is 5.82 Å². The van der Waals surface area contributed by atoms with Gasteiger partial charge < -0.3 is 5.32 Å². The molecule has 0 bridgehead atoms. The standard InChI is InChI=1S/C12H16BrFN2.2ClH/c1-9(16-6-4-15-5-7-16)11-8-10(14)2-3-12(11)13;;/h2-3,8-9,15H,4-7H2,1H3;2*1H/t9-;;/m1../s1. The first-order valence-corrected chi connectivity index (χ1v) is 6.37. The van der Waals surface area contributed by atoms with Gasteiger partial charge in [-0.3, -0.25) is 4.90 Å². The number of hydrogen-bond donors (Lipinski definition) is 1. The lowest BCUT2D eigenvalue weighted by atomic mass is 10.1. The fraction of sp³-hybridized carbons (Fsp3) is 0.500. The van der Waals surface area contributed by atoms with E-state index in [9.17, 15) is 4.39 Å². The molecule has 0 radical (unpaired) electrons. The van der Waals surface area contributed by atoms with Crippen molar-refractivity contribution in [2.24, 2.45) is 0 Å². The van der Waals surface area contributed by atoms with Gasteiger partial charge in [0.25, 0.3) is 0 Å². The SMILES string of the molecule is C[C@H](c1cc(F)ccc1Br)N1CCNCC1.Cl.Cl. The summed E-state index contributed by atoms with van der Waals surface area (Å²) in [6.07, 6.45) is 0. The van der Waals surface area contributed by atoms with E-state index in [1.54, 1.807) is 12.1 Å². The third-order valence-electron chi connectivity index (χ3n) is 3.11. The van der Waals surface area contributed by atoms with Gasteiger partial charge in [-0.25, -0.2) is 4.39 Å². The Hall–Kier alpha value is 0.130. The molecule has 0 amide bonds. The van der Waals surface area contributed by atoms with Crippen LogP contribution >= 0.6 is 40.7 Å². The fourth-order valence-corrected chi connectivity index (χ4v) is 2.68. The van der Waals surface area contributed by atoms with Crippen LogP contribution in [0.1, 0.15) is 18.5 Å². The van der Waals surface area contributed by atoms with E-state index in [0.717, 1.165) is 36.2 Å². The summed E-state index contributed by atoms with van der Waals surface area (Å²) in [5.41, 5.74) is 1.03. The molecule has 1 aliphatic heterocycles. The van der Waals surface area contributed by atoms with Crippen molar-refractivity contribution in [2.75, 3.05) is 26.2 Å². The molecule has 1 aromatic rings. The predicted molar refractivity (Wildman–Crippen MR) is 81.5 cm³/mol. The third kappa shape index (κ3) is 4.35. The van der Waals surface area contributed by atoms with E-state index < -0.39 is 0 Å². The Kier molecular flexibility index (Phi) is 8.39. The fourth-order valence-electron chi connectivity index (χ4n) is 2.10. The van der Waals surface area contributed by atoms with Crippen LogP contribution in [-0.2, 0) is 0 Å². The highest BCUT2D eigenvalue weighted by molar-refractivity contribution is 9.10. The van der Waals surface area contributed by atoms with Crippen molar-refractivity contribution >= 4 is 40.7 Å². The summed E-state index contributed by atoms with van der Waals surface area (Å²) >= 11 is 3.49. The molecule has 2 rings (SSSR count). The molecule has 0 aliphatic carbocycles. The minimum atomic E-state index is -0.166. The van der Waals surface area contributed by atoms with Gasteiger partial charge in [0.15, 0.2) is 0 Å². The average Bonchev–Trinajstić information content (AvgIpc) is 2.32. The van der Waals surface area contributed by atoms with Crippen molar-refractivity contribution < 1.29 is 4.39 Å². The first-order chi connectivity index (χ1) is 7.68. The normalized spacial score (nSPS) is 17.5. The summed E-state index contributed by atoms with van der Waals surface area (Å²) in [4.78, 5) is 2.37. The molecule has 0 aromatic heterocycles. The molecule has 1 N–H and O–H groups in total. The van der Waals surface area contributed by atoms with E-state index >= 15 is 0 Å². The van der Waals surface area contributed by atoms with E-state index in [2.05, 4.69) is 33.1 Å². The second kappa shape index (κ2) is 8.33. The second-order valence-electron chi connectivity index (χ2n) is 4.13. The molecule has 2 nitrogen and oxygen atoms in total. The zero-order chi connectivity index (χ0) is 11.5. The summed E-state index contributed by atoms with van der Waals surface area (Å²) in [5.74, 6) is -0.166. The molecule has 0 spiro atoms. The van der Waals surface area contributed by atoms with Gasteiger partial charge in [0, 0.05) is 36.7 Å². The Morgan fingerprint density at radius 2 is 1.89 bits per heavy atom. The van der Waals surface area contributed by atoms with Crippen molar-refractivity contribution in [3.63, 3.8) is 0 Å². The number of piperazine rings is 1. The van der Waals surface area contributed by atoms with Crippen LogP contribution in [0.15, 0.2) is 22.7 Å². The smallest absolute Gasteiger partial charge is 0.123 e. The van der Waals surface area contributed by atoms with Gasteiger partial charge in [0.2, 0.25) is 0 Å². The van der Waals surface area contributed by atoms with Gasteiger partial charge >= 0.3 is 0 Å². The van der Waals surface area contributed by atoms with Crippen molar-refractivity contribution in [2.45, 2.75) is 13.0 Å². The van der Waals surface area contributed by atoms with Crippen molar-refractivity contribution in [3.8, 4) is 0 Å². The van der Waals surface area contributed by atoms with Crippen LogP contribution in [0.25, 0.3) is 0 Å². The zero-order valence-corrected chi connectivity index (χ0v) is 13.4. The highest BCUT2D eigenvalue weighted by atomic mass is 79.9. The highest BCUT2D eigenvalue weighted by Gasteiger charge is 2.19. The van der Waals surface area contributed by atoms with Crippen LogP contribution in [0.3, 0.4) is 0 Å². The lowest BCUT2D eigenvalue weighted by Crippen LogP contribution is -2.44. The highest BCUT2D eigenvalue weighted by Crippen LogP contribution is 2.28. The Morgan fingerprint density at radius 1 is 1.28 bits per heavy atom. The topological polar surface area (TPSA) is 15.3 Å². The molecule has 104 valence electrons. The Labute approximate surface area is 128 Å². The lowest BCUT2D eigenvalue weighted by molar-refractivity contribution is 0.185. The second-order valence-corrected chi connectivity index (χ2v) is 4.98. The molecule has 1 atom stereocenters. The van der Waals surface area contributed by atoms with Gasteiger partial charge in [-0.2, -0.15) is 0 Å². The maximum atomic E-state index is 13.2. The van der Waals surface area contributed by atoms with E-state index in [4.69, 9.17) is 0 Å². The molecule has 1 fully saturated rings. The van der Waals surface area contributed by atoms with Crippen LogP contribution in [0.2, 0.25) is 0 Å². The Morgan fingerprint density at radius 3 is 2.50 bits per heavy atom. The maximum absolute atomic E-state index is 13.2. The monoisotopic (exact) mass is 358 g/mol. The predicted octanol–water partition coefficient (Wildman–Crippen LogP) is 3.40. The third-order valence-corrected chi connectivity index (χ3v) is 3.83. The van der Waals surface area contributed by atoms with Crippen LogP contribution in [0.4, 0.5) is 4.39 Å². The minimum Gasteiger partial charge on any atom is -0.314 e. The summed E-state index contributed by atoms with van der Waals surface area (Å²) in [7, 11) is 0. The number of rotatable bonds is 2. The molecular formula is C12H18BrCl2FN2. The van der Waals surface area contributed by atoms with Crippen molar-refractivity contribution in [3.05, 3.63) is 34.1 Å². The quantitative estimate of drug-likeness (QED) is 0.870. The summed E-state index contributed by atoms with van der Waals surface area (Å²) in [6.45, 7) is 6.19. The maximum Gasteiger partial charge on any atom is 0.123 e. The Balaban J connectivity index is 0.00000144. The molecule has 18 heavy (non-hydrogen) atoms. The number of halogens is 4. The average molecular weight is 360 g/mol. The first-order valence-electron chi connectivity index (χ1n) is 5.58. The minimum absolute atomic E-state index is 0. The van der Waals surface area contributed by atoms with Crippen LogP contribution in [0.5, 0.6) is 0 Å². The van der Waals surface area contributed by atoms with E-state index in [0.29, 0.717) is 0 Å². The van der Waals surface area contributed by atoms with Gasteiger partial charge in [0.05, 0.1) is 0 Å². The van der Waals surface area contributed by atoms with E-state index in [1.165, 1.54) is 6.07 Å². The number of nitrogens with zero attached hydrogens (tertiary/aromatic N) is 1. The van der Waals surface area contributed by atoms with E-state index in [1.807, 2.05) is 0 Å². The van der Waals surface area contributed by atoms with E-state index in [-0.39, 0.29) is 36.7 Å². The molecule has 1 saturated heterocycles. The van der Waals surface area contributed by atoms with Crippen LogP contribution in [-0.4, -0.2) is 31.1 Å². The summed E-state index contributed by atoms with van der Waals surface area (Å²) in [5, 5.41) is 3.32. The molecular weight excluding hydrogens is 342 g/mol. The summed E-state index contributed by atoms with van der Waals surface area (Å²) < 4.78 is 14.2. The number of benzene rings is 1. The Bertz CT molecular complexity index is 373. The molecule has 0 unspecified atom stereocenters. The van der Waals surface area contributed by atoms with Crippen molar-refractivity contribution in [1.82, 2.24) is 10.2 Å². The van der Waals surface area contributed by atoms with Gasteiger partial charge in [-0.1, -0.05) is 15.9 Å². The van der Waals surface area contributed by atoms with Crippen LogP contribution in [0, 0.1) is 5.82 Å². The largest absolute Gasteiger partial charge is 0.314 e. The summed E-state index contributed by atoms with van der Waals surface area (Å²) in [6, 6.07) is 5.14. The van der Waals surface area contributed by atoms with Crippen molar-refractivity contribution in [1.29, 1.82) is 0 Å². The first kappa shape index (κ1) is 18.1. The molecule has 1 aliphatic rings. The van der Waals surface area contributed by atoms with Crippen LogP contribution < -0.4 is 5.32 Å². The molecule has 1 heterocycles. The zero-order valence-electron chi connectivity index (χ0n) is 10.2.